The van der Waals surface area contributed by atoms with E-state index in [0.29, 0.717) is 21.6 Å². The standard InChI is InChI=1S/C14H16N2O2S2/c15-7-11-3-1-2-10-6-12(4-5-13(10)11)20(17,18)14-8-16-9-19-14/h4-6,8-9,11H,1-3,7,15H2/t11-/m0/s1. The van der Waals surface area contributed by atoms with Crippen LogP contribution in [0.25, 0.3) is 0 Å². The highest BCUT2D eigenvalue weighted by Gasteiger charge is 2.24. The highest BCUT2D eigenvalue weighted by atomic mass is 32.2. The van der Waals surface area contributed by atoms with E-state index in [-0.39, 0.29) is 0 Å². The Kier molecular flexibility index (Phi) is 3.62. The van der Waals surface area contributed by atoms with E-state index in [4.69, 9.17) is 5.73 Å². The number of hydrogen-bond acceptors (Lipinski definition) is 5. The Hall–Kier alpha value is -1.24. The summed E-state index contributed by atoms with van der Waals surface area (Å²) in [6.45, 7) is 0.619. The molecule has 20 heavy (non-hydrogen) atoms. The highest BCUT2D eigenvalue weighted by molar-refractivity contribution is 7.93. The molecule has 0 unspecified atom stereocenters. The van der Waals surface area contributed by atoms with Gasteiger partial charge in [0.15, 0.2) is 0 Å². The molecule has 0 fully saturated rings. The molecule has 0 bridgehead atoms. The fourth-order valence-electron chi connectivity index (χ4n) is 2.76. The second-order valence-corrected chi connectivity index (χ2v) is 8.07. The van der Waals surface area contributed by atoms with Crippen molar-refractivity contribution in [1.82, 2.24) is 4.98 Å². The molecule has 0 saturated heterocycles. The van der Waals surface area contributed by atoms with Crippen molar-refractivity contribution in [1.29, 1.82) is 0 Å². The van der Waals surface area contributed by atoms with Crippen LogP contribution in [0.1, 0.15) is 29.9 Å². The quantitative estimate of drug-likeness (QED) is 0.944. The lowest BCUT2D eigenvalue weighted by Gasteiger charge is -2.24. The van der Waals surface area contributed by atoms with Crippen LogP contribution in [-0.2, 0) is 16.3 Å². The van der Waals surface area contributed by atoms with Gasteiger partial charge in [0.25, 0.3) is 0 Å². The predicted octanol–water partition coefficient (Wildman–Crippen LogP) is 2.35. The lowest BCUT2D eigenvalue weighted by atomic mass is 9.83. The van der Waals surface area contributed by atoms with Crippen LogP contribution in [-0.4, -0.2) is 19.9 Å². The van der Waals surface area contributed by atoms with Gasteiger partial charge in [0.05, 0.1) is 16.6 Å². The van der Waals surface area contributed by atoms with E-state index in [0.717, 1.165) is 36.2 Å². The molecule has 2 aromatic rings. The molecule has 0 saturated carbocycles. The zero-order chi connectivity index (χ0) is 14.2. The number of hydrogen-bond donors (Lipinski definition) is 1. The van der Waals surface area contributed by atoms with E-state index < -0.39 is 9.84 Å². The first-order valence-electron chi connectivity index (χ1n) is 6.59. The lowest BCUT2D eigenvalue weighted by Crippen LogP contribution is -2.18. The van der Waals surface area contributed by atoms with Crippen molar-refractivity contribution >= 4 is 21.2 Å². The molecule has 3 rings (SSSR count). The van der Waals surface area contributed by atoms with E-state index in [2.05, 4.69) is 4.98 Å². The number of fused-ring (bicyclic) bond motifs is 1. The van der Waals surface area contributed by atoms with Gasteiger partial charge in [-0.05, 0) is 55.0 Å². The van der Waals surface area contributed by atoms with Crippen LogP contribution in [0.3, 0.4) is 0 Å². The Bertz CT molecular complexity index is 709. The summed E-state index contributed by atoms with van der Waals surface area (Å²) in [5, 5.41) is 0. The Labute approximate surface area is 122 Å². The minimum atomic E-state index is -3.43. The Morgan fingerprint density at radius 3 is 2.95 bits per heavy atom. The third-order valence-electron chi connectivity index (χ3n) is 3.82. The average Bonchev–Trinajstić information content (AvgIpc) is 3.01. The van der Waals surface area contributed by atoms with Gasteiger partial charge in [-0.3, -0.25) is 4.98 Å². The number of thiazole rings is 1. The maximum absolute atomic E-state index is 12.5. The molecule has 0 amide bonds. The van der Waals surface area contributed by atoms with Crippen LogP contribution in [0, 0.1) is 0 Å². The van der Waals surface area contributed by atoms with Gasteiger partial charge in [0, 0.05) is 0 Å². The maximum atomic E-state index is 12.5. The SMILES string of the molecule is NC[C@@H]1CCCc2cc(S(=O)(=O)c3cncs3)ccc21. The van der Waals surface area contributed by atoms with Crippen molar-refractivity contribution in [3.05, 3.63) is 41.0 Å². The minimum absolute atomic E-state index is 0.295. The molecule has 106 valence electrons. The van der Waals surface area contributed by atoms with E-state index in [1.54, 1.807) is 6.07 Å². The van der Waals surface area contributed by atoms with Crippen molar-refractivity contribution in [3.8, 4) is 0 Å². The predicted molar refractivity (Wildman–Crippen MR) is 78.7 cm³/mol. The number of nitrogens with zero attached hydrogens (tertiary/aromatic N) is 1. The third kappa shape index (κ3) is 2.28. The first kappa shape index (κ1) is 13.7. The lowest BCUT2D eigenvalue weighted by molar-refractivity contribution is 0.558. The molecule has 1 atom stereocenters. The van der Waals surface area contributed by atoms with Crippen molar-refractivity contribution in [2.45, 2.75) is 34.3 Å². The highest BCUT2D eigenvalue weighted by Crippen LogP contribution is 2.33. The van der Waals surface area contributed by atoms with Crippen LogP contribution >= 0.6 is 11.3 Å². The zero-order valence-corrected chi connectivity index (χ0v) is 12.6. The smallest absolute Gasteiger partial charge is 0.217 e. The number of sulfone groups is 1. The molecule has 0 radical (unpaired) electrons. The van der Waals surface area contributed by atoms with E-state index in [9.17, 15) is 8.42 Å². The second-order valence-electron chi connectivity index (χ2n) is 5.01. The Balaban J connectivity index is 2.05. The maximum Gasteiger partial charge on any atom is 0.217 e. The van der Waals surface area contributed by atoms with Gasteiger partial charge in [0.1, 0.15) is 4.21 Å². The zero-order valence-electron chi connectivity index (χ0n) is 11.0. The van der Waals surface area contributed by atoms with Crippen molar-refractivity contribution in [3.63, 3.8) is 0 Å². The minimum Gasteiger partial charge on any atom is -0.330 e. The molecule has 1 aromatic carbocycles. The molecule has 1 heterocycles. The second kappa shape index (κ2) is 5.27. The fraction of sp³-hybridized carbons (Fsp3) is 0.357. The van der Waals surface area contributed by atoms with Crippen LogP contribution < -0.4 is 5.73 Å². The molecule has 2 N–H and O–H groups in total. The molecular weight excluding hydrogens is 292 g/mol. The largest absolute Gasteiger partial charge is 0.330 e. The van der Waals surface area contributed by atoms with Gasteiger partial charge in [0.2, 0.25) is 9.84 Å². The van der Waals surface area contributed by atoms with Crippen molar-refractivity contribution in [2.24, 2.45) is 5.73 Å². The van der Waals surface area contributed by atoms with Gasteiger partial charge >= 0.3 is 0 Å². The van der Waals surface area contributed by atoms with Crippen LogP contribution in [0.4, 0.5) is 0 Å². The van der Waals surface area contributed by atoms with Crippen molar-refractivity contribution in [2.75, 3.05) is 6.54 Å². The number of nitrogens with two attached hydrogens (primary N) is 1. The Morgan fingerprint density at radius 2 is 2.25 bits per heavy atom. The summed E-state index contributed by atoms with van der Waals surface area (Å²) in [7, 11) is -3.43. The molecule has 1 aliphatic rings. The topological polar surface area (TPSA) is 73.1 Å². The van der Waals surface area contributed by atoms with E-state index >= 15 is 0 Å². The summed E-state index contributed by atoms with van der Waals surface area (Å²) in [5.74, 6) is 0.360. The number of rotatable bonds is 3. The molecular formula is C14H16N2O2S2. The molecule has 6 heteroatoms. The molecule has 1 aromatic heterocycles. The number of benzene rings is 1. The van der Waals surface area contributed by atoms with E-state index in [1.165, 1.54) is 17.3 Å². The average molecular weight is 308 g/mol. The van der Waals surface area contributed by atoms with Crippen LogP contribution in [0.15, 0.2) is 39.0 Å². The summed E-state index contributed by atoms with van der Waals surface area (Å²) in [6, 6.07) is 5.44. The molecule has 1 aliphatic carbocycles. The Morgan fingerprint density at radius 1 is 1.40 bits per heavy atom. The molecule has 0 spiro atoms. The normalized spacial score (nSPS) is 18.8. The van der Waals surface area contributed by atoms with Gasteiger partial charge in [-0.25, -0.2) is 8.42 Å². The molecule has 0 aliphatic heterocycles. The number of aromatic nitrogens is 1. The summed E-state index contributed by atoms with van der Waals surface area (Å²) < 4.78 is 25.3. The molecule has 4 nitrogen and oxygen atoms in total. The summed E-state index contributed by atoms with van der Waals surface area (Å²) in [6.07, 6.45) is 4.49. The number of aryl methyl sites for hydroxylation is 1. The van der Waals surface area contributed by atoms with Gasteiger partial charge in [-0.2, -0.15) is 0 Å². The fourth-order valence-corrected chi connectivity index (χ4v) is 5.00. The van der Waals surface area contributed by atoms with Crippen LogP contribution in [0.2, 0.25) is 0 Å². The van der Waals surface area contributed by atoms with Crippen LogP contribution in [0.5, 0.6) is 0 Å². The first-order chi connectivity index (χ1) is 9.63. The first-order valence-corrected chi connectivity index (χ1v) is 8.95. The van der Waals surface area contributed by atoms with Gasteiger partial charge in [-0.15, -0.1) is 11.3 Å². The van der Waals surface area contributed by atoms with Crippen molar-refractivity contribution < 1.29 is 8.42 Å². The van der Waals surface area contributed by atoms with E-state index in [1.807, 2.05) is 12.1 Å². The summed E-state index contributed by atoms with van der Waals surface area (Å²) in [5.41, 5.74) is 9.66. The summed E-state index contributed by atoms with van der Waals surface area (Å²) in [4.78, 5) is 4.21. The van der Waals surface area contributed by atoms with Gasteiger partial charge < -0.3 is 5.73 Å². The third-order valence-corrected chi connectivity index (χ3v) is 6.84. The van der Waals surface area contributed by atoms with Gasteiger partial charge in [-0.1, -0.05) is 6.07 Å². The summed E-state index contributed by atoms with van der Waals surface area (Å²) >= 11 is 1.15. The monoisotopic (exact) mass is 308 g/mol.